The summed E-state index contributed by atoms with van der Waals surface area (Å²) in [6, 6.07) is 1.03. The smallest absolute Gasteiger partial charge is 0.0950 e. The molecule has 0 saturated heterocycles. The molecule has 108 valence electrons. The quantitative estimate of drug-likeness (QED) is 0.693. The summed E-state index contributed by atoms with van der Waals surface area (Å²) in [5, 5.41) is 11.4. The predicted molar refractivity (Wildman–Crippen MR) is 77.8 cm³/mol. The number of rotatable bonds is 1. The normalized spacial score (nSPS) is 41.8. The monoisotopic (exact) mass is 263 g/mol. The first-order valence-electron chi connectivity index (χ1n) is 8.09. The molecule has 0 bridgehead atoms. The van der Waals surface area contributed by atoms with E-state index in [9.17, 15) is 0 Å². The maximum Gasteiger partial charge on any atom is 0.0950 e. The van der Waals surface area contributed by atoms with Crippen LogP contribution in [-0.2, 0) is 0 Å². The second-order valence-corrected chi connectivity index (χ2v) is 8.16. The minimum Gasteiger partial charge on any atom is -0.268 e. The first-order valence-corrected chi connectivity index (χ1v) is 8.09. The molecule has 2 fully saturated rings. The van der Waals surface area contributed by atoms with Gasteiger partial charge in [-0.2, -0.15) is 5.11 Å². The Morgan fingerprint density at radius 3 is 2.21 bits per heavy atom. The second kappa shape index (κ2) is 4.46. The lowest BCUT2D eigenvalue weighted by atomic mass is 9.91. The van der Waals surface area contributed by atoms with Crippen molar-refractivity contribution < 1.29 is 0 Å². The molecule has 0 aromatic heterocycles. The maximum atomic E-state index is 4.58. The van der Waals surface area contributed by atoms with Crippen LogP contribution >= 0.6 is 0 Å². The van der Waals surface area contributed by atoms with Crippen molar-refractivity contribution in [3.8, 4) is 0 Å². The third kappa shape index (κ3) is 2.30. The van der Waals surface area contributed by atoms with Crippen molar-refractivity contribution in [1.29, 1.82) is 0 Å². The lowest BCUT2D eigenvalue weighted by Crippen LogP contribution is -2.46. The molecule has 2 aliphatic carbocycles. The van der Waals surface area contributed by atoms with Crippen molar-refractivity contribution in [2.24, 2.45) is 34.0 Å². The van der Waals surface area contributed by atoms with E-state index in [1.165, 1.54) is 25.7 Å². The highest BCUT2D eigenvalue weighted by molar-refractivity contribution is 5.03. The maximum absolute atomic E-state index is 4.58. The van der Waals surface area contributed by atoms with Crippen LogP contribution in [-0.4, -0.2) is 22.6 Å². The van der Waals surface area contributed by atoms with Crippen LogP contribution in [0.3, 0.4) is 0 Å². The summed E-state index contributed by atoms with van der Waals surface area (Å²) < 4.78 is 0. The molecule has 1 aliphatic heterocycles. The lowest BCUT2D eigenvalue weighted by molar-refractivity contribution is 0.0862. The van der Waals surface area contributed by atoms with Gasteiger partial charge in [0.2, 0.25) is 0 Å². The van der Waals surface area contributed by atoms with E-state index < -0.39 is 0 Å². The van der Waals surface area contributed by atoms with E-state index in [1.807, 2.05) is 0 Å². The van der Waals surface area contributed by atoms with Crippen LogP contribution in [0.25, 0.3) is 0 Å². The van der Waals surface area contributed by atoms with Gasteiger partial charge >= 0.3 is 0 Å². The molecule has 2 saturated carbocycles. The van der Waals surface area contributed by atoms with E-state index in [-0.39, 0.29) is 5.54 Å². The van der Waals surface area contributed by atoms with Crippen molar-refractivity contribution in [1.82, 2.24) is 5.01 Å². The summed E-state index contributed by atoms with van der Waals surface area (Å²) >= 11 is 0. The summed E-state index contributed by atoms with van der Waals surface area (Å²) in [6.07, 6.45) is 5.32. The Kier molecular flexibility index (Phi) is 3.14. The number of hydrogen-bond acceptors (Lipinski definition) is 3. The molecule has 3 heteroatoms. The molecule has 1 heterocycles. The van der Waals surface area contributed by atoms with Crippen LogP contribution in [0.15, 0.2) is 10.3 Å². The van der Waals surface area contributed by atoms with E-state index in [0.29, 0.717) is 12.1 Å². The fourth-order valence-electron chi connectivity index (χ4n) is 4.63. The zero-order valence-corrected chi connectivity index (χ0v) is 13.1. The molecule has 0 spiro atoms. The highest BCUT2D eigenvalue weighted by Gasteiger charge is 2.53. The molecule has 0 amide bonds. The standard InChI is InChI=1S/C16H29N3/c1-10(2)15-11-6-8-13-14(9-7-12(11)15)19(18-17-13)16(3,4)5/h10-15H,6-9H2,1-5H3. The molecule has 5 unspecified atom stereocenters. The minimum atomic E-state index is 0.114. The third-order valence-electron chi connectivity index (χ3n) is 5.50. The highest BCUT2D eigenvalue weighted by Crippen LogP contribution is 2.57. The second-order valence-electron chi connectivity index (χ2n) is 8.16. The first kappa shape index (κ1) is 13.4. The van der Waals surface area contributed by atoms with Gasteiger partial charge in [0.25, 0.3) is 0 Å². The van der Waals surface area contributed by atoms with E-state index in [4.69, 9.17) is 0 Å². The van der Waals surface area contributed by atoms with E-state index in [2.05, 4.69) is 50.0 Å². The van der Waals surface area contributed by atoms with Crippen molar-refractivity contribution in [3.63, 3.8) is 0 Å². The SMILES string of the molecule is CC(C)C1C2CCC3N=NN(C(C)(C)C)C3CCC21. The summed E-state index contributed by atoms with van der Waals surface area (Å²) in [7, 11) is 0. The summed E-state index contributed by atoms with van der Waals surface area (Å²) in [5.41, 5.74) is 0.114. The predicted octanol–water partition coefficient (Wildman–Crippen LogP) is 4.30. The Balaban J connectivity index is 1.69. The van der Waals surface area contributed by atoms with Gasteiger partial charge in [0.15, 0.2) is 0 Å². The Hall–Kier alpha value is -0.600. The zero-order valence-electron chi connectivity index (χ0n) is 13.1. The Bertz CT molecular complexity index is 369. The lowest BCUT2D eigenvalue weighted by Gasteiger charge is -2.36. The van der Waals surface area contributed by atoms with Crippen molar-refractivity contribution in [2.45, 2.75) is 77.9 Å². The summed E-state index contributed by atoms with van der Waals surface area (Å²) in [4.78, 5) is 0. The highest BCUT2D eigenvalue weighted by atomic mass is 15.6. The molecule has 0 N–H and O–H groups in total. The minimum absolute atomic E-state index is 0.114. The molecule has 5 atom stereocenters. The van der Waals surface area contributed by atoms with Gasteiger partial charge in [0.05, 0.1) is 17.6 Å². The molecule has 3 aliphatic rings. The Labute approximate surface area is 117 Å². The van der Waals surface area contributed by atoms with Gasteiger partial charge in [-0.05, 0) is 70.1 Å². The number of fused-ring (bicyclic) bond motifs is 2. The zero-order chi connectivity index (χ0) is 13.8. The Morgan fingerprint density at radius 1 is 1.00 bits per heavy atom. The fraction of sp³-hybridized carbons (Fsp3) is 1.00. The van der Waals surface area contributed by atoms with Gasteiger partial charge in [-0.1, -0.05) is 19.1 Å². The molecule has 0 aromatic carbocycles. The van der Waals surface area contributed by atoms with Crippen molar-refractivity contribution in [3.05, 3.63) is 0 Å². The Morgan fingerprint density at radius 2 is 1.63 bits per heavy atom. The summed E-state index contributed by atoms with van der Waals surface area (Å²) in [6.45, 7) is 11.6. The van der Waals surface area contributed by atoms with Crippen LogP contribution in [0.1, 0.15) is 60.3 Å². The fourth-order valence-corrected chi connectivity index (χ4v) is 4.63. The molecule has 0 aromatic rings. The van der Waals surface area contributed by atoms with Gasteiger partial charge in [-0.3, -0.25) is 5.01 Å². The molecule has 3 rings (SSSR count). The van der Waals surface area contributed by atoms with Gasteiger partial charge in [-0.15, -0.1) is 0 Å². The number of nitrogens with zero attached hydrogens (tertiary/aromatic N) is 3. The van der Waals surface area contributed by atoms with Crippen molar-refractivity contribution in [2.75, 3.05) is 0 Å². The molecule has 0 radical (unpaired) electrons. The summed E-state index contributed by atoms with van der Waals surface area (Å²) in [5.74, 6) is 3.87. The van der Waals surface area contributed by atoms with Gasteiger partial charge < -0.3 is 0 Å². The van der Waals surface area contributed by atoms with E-state index in [1.54, 1.807) is 0 Å². The average Bonchev–Trinajstić information content (AvgIpc) is 2.79. The topological polar surface area (TPSA) is 28.0 Å². The van der Waals surface area contributed by atoms with Crippen LogP contribution in [0.5, 0.6) is 0 Å². The molecular weight excluding hydrogens is 234 g/mol. The van der Waals surface area contributed by atoms with Crippen LogP contribution in [0, 0.1) is 23.7 Å². The van der Waals surface area contributed by atoms with Gasteiger partial charge in [-0.25, -0.2) is 0 Å². The van der Waals surface area contributed by atoms with Crippen LogP contribution < -0.4 is 0 Å². The third-order valence-corrected chi connectivity index (χ3v) is 5.50. The van der Waals surface area contributed by atoms with E-state index in [0.717, 1.165) is 23.7 Å². The molecule has 19 heavy (non-hydrogen) atoms. The average molecular weight is 263 g/mol. The first-order chi connectivity index (χ1) is 8.89. The van der Waals surface area contributed by atoms with Crippen LogP contribution in [0.2, 0.25) is 0 Å². The largest absolute Gasteiger partial charge is 0.268 e. The van der Waals surface area contributed by atoms with E-state index >= 15 is 0 Å². The molecule has 3 nitrogen and oxygen atoms in total. The molecular formula is C16H29N3. The number of hydrogen-bond donors (Lipinski definition) is 0. The van der Waals surface area contributed by atoms with Gasteiger partial charge in [0, 0.05) is 0 Å². The van der Waals surface area contributed by atoms with Crippen LogP contribution in [0.4, 0.5) is 0 Å². The van der Waals surface area contributed by atoms with Gasteiger partial charge in [0.1, 0.15) is 0 Å². The van der Waals surface area contributed by atoms with Crippen molar-refractivity contribution >= 4 is 0 Å².